The van der Waals surface area contributed by atoms with Crippen LogP contribution in [0.5, 0.6) is 0 Å². The summed E-state index contributed by atoms with van der Waals surface area (Å²) in [5, 5.41) is 11.5. The first kappa shape index (κ1) is 13.9. The molecule has 0 aromatic heterocycles. The third kappa shape index (κ3) is 6.08. The largest absolute Gasteiger partial charge is 0.352 e. The number of carbonyl (C=O) groups excluding carboxylic acids is 1. The van der Waals surface area contributed by atoms with Gasteiger partial charge < -0.3 is 5.32 Å². The van der Waals surface area contributed by atoms with Crippen molar-refractivity contribution in [3.05, 3.63) is 0 Å². The zero-order valence-electron chi connectivity index (χ0n) is 9.92. The summed E-state index contributed by atoms with van der Waals surface area (Å²) in [7, 11) is 0. The molecule has 0 unspecified atom stereocenters. The van der Waals surface area contributed by atoms with Gasteiger partial charge in [-0.1, -0.05) is 20.8 Å². The summed E-state index contributed by atoms with van der Waals surface area (Å²) in [5.74, 6) is 0.0146. The molecule has 0 bridgehead atoms. The van der Waals surface area contributed by atoms with E-state index in [1.807, 2.05) is 11.8 Å². The van der Waals surface area contributed by atoms with Gasteiger partial charge in [0.15, 0.2) is 0 Å². The van der Waals surface area contributed by atoms with Crippen LogP contribution in [0.3, 0.4) is 0 Å². The maximum atomic E-state index is 11.6. The molecule has 0 aromatic rings. The molecule has 0 saturated heterocycles. The first-order valence-electron chi connectivity index (χ1n) is 5.56. The van der Waals surface area contributed by atoms with E-state index in [9.17, 15) is 4.79 Å². The van der Waals surface area contributed by atoms with Crippen molar-refractivity contribution in [2.45, 2.75) is 39.7 Å². The maximum absolute atomic E-state index is 11.6. The van der Waals surface area contributed by atoms with Crippen LogP contribution in [-0.4, -0.2) is 36.5 Å². The smallest absolute Gasteiger partial charge is 0.234 e. The summed E-state index contributed by atoms with van der Waals surface area (Å²) in [4.78, 5) is 13.4. The molecule has 0 aliphatic heterocycles. The fourth-order valence-electron chi connectivity index (χ4n) is 1.35. The monoisotopic (exact) mass is 211 g/mol. The Kier molecular flexibility index (Phi) is 7.65. The quantitative estimate of drug-likeness (QED) is 0.642. The molecule has 1 N–H and O–H groups in total. The van der Waals surface area contributed by atoms with Crippen LogP contribution in [0.2, 0.25) is 0 Å². The van der Waals surface area contributed by atoms with Crippen LogP contribution in [0.15, 0.2) is 0 Å². The zero-order valence-corrected chi connectivity index (χ0v) is 9.92. The predicted molar refractivity (Wildman–Crippen MR) is 60.2 cm³/mol. The Bertz CT molecular complexity index is 218. The number of rotatable bonds is 7. The summed E-state index contributed by atoms with van der Waals surface area (Å²) in [6.07, 6.45) is 1.90. The number of hydrogen-bond donors (Lipinski definition) is 1. The molecule has 4 heteroatoms. The average molecular weight is 211 g/mol. The number of hydrogen-bond acceptors (Lipinski definition) is 3. The highest BCUT2D eigenvalue weighted by molar-refractivity contribution is 5.78. The second kappa shape index (κ2) is 8.25. The number of carbonyl (C=O) groups is 1. The van der Waals surface area contributed by atoms with E-state index in [0.29, 0.717) is 13.1 Å². The lowest BCUT2D eigenvalue weighted by atomic mass is 10.2. The van der Waals surface area contributed by atoms with Crippen molar-refractivity contribution >= 4 is 5.91 Å². The van der Waals surface area contributed by atoms with Crippen molar-refractivity contribution < 1.29 is 4.79 Å². The molecule has 0 radical (unpaired) electrons. The number of likely N-dealkylation sites (N-methyl/N-ethyl adjacent to an activating group) is 1. The Morgan fingerprint density at radius 2 is 2.00 bits per heavy atom. The van der Waals surface area contributed by atoms with E-state index < -0.39 is 0 Å². The minimum absolute atomic E-state index is 0.0146. The van der Waals surface area contributed by atoms with E-state index in [0.717, 1.165) is 19.4 Å². The van der Waals surface area contributed by atoms with E-state index in [2.05, 4.69) is 25.2 Å². The minimum Gasteiger partial charge on any atom is -0.352 e. The Morgan fingerprint density at radius 3 is 2.40 bits per heavy atom. The van der Waals surface area contributed by atoms with Crippen molar-refractivity contribution in [2.75, 3.05) is 19.6 Å². The molecule has 0 spiro atoms. The van der Waals surface area contributed by atoms with Crippen LogP contribution in [0.1, 0.15) is 33.6 Å². The highest BCUT2D eigenvalue weighted by Gasteiger charge is 2.11. The van der Waals surface area contributed by atoms with Gasteiger partial charge in [-0.2, -0.15) is 5.26 Å². The molecule has 0 atom stereocenters. The Balaban J connectivity index is 3.95. The van der Waals surface area contributed by atoms with Crippen LogP contribution in [0.4, 0.5) is 0 Å². The van der Waals surface area contributed by atoms with Gasteiger partial charge in [0.2, 0.25) is 5.91 Å². The van der Waals surface area contributed by atoms with Crippen molar-refractivity contribution in [3.8, 4) is 6.07 Å². The molecule has 86 valence electrons. The van der Waals surface area contributed by atoms with Crippen molar-refractivity contribution in [1.82, 2.24) is 10.2 Å². The van der Waals surface area contributed by atoms with Crippen LogP contribution < -0.4 is 5.32 Å². The molecule has 0 rings (SSSR count). The van der Waals surface area contributed by atoms with Crippen LogP contribution in [0.25, 0.3) is 0 Å². The first-order valence-corrected chi connectivity index (χ1v) is 5.56. The molecule has 4 nitrogen and oxygen atoms in total. The van der Waals surface area contributed by atoms with Crippen molar-refractivity contribution in [2.24, 2.45) is 0 Å². The Morgan fingerprint density at radius 1 is 1.40 bits per heavy atom. The summed E-state index contributed by atoms with van der Waals surface area (Å²) >= 11 is 0. The molecule has 0 aromatic carbocycles. The minimum atomic E-state index is 0.0146. The second-order valence-electron chi connectivity index (χ2n) is 3.54. The lowest BCUT2D eigenvalue weighted by molar-refractivity contribution is -0.122. The van der Waals surface area contributed by atoms with Gasteiger partial charge in [-0.3, -0.25) is 9.69 Å². The molecule has 0 saturated carbocycles. The number of nitriles is 1. The van der Waals surface area contributed by atoms with Gasteiger partial charge in [-0.25, -0.2) is 0 Å². The highest BCUT2D eigenvalue weighted by atomic mass is 16.2. The third-order valence-electron chi connectivity index (χ3n) is 2.46. The molecule has 1 amide bonds. The molecule has 0 aliphatic carbocycles. The highest BCUT2D eigenvalue weighted by Crippen LogP contribution is 1.96. The normalized spacial score (nSPS) is 10.4. The van der Waals surface area contributed by atoms with E-state index in [1.165, 1.54) is 0 Å². The van der Waals surface area contributed by atoms with Gasteiger partial charge in [-0.15, -0.1) is 0 Å². The fraction of sp³-hybridized carbons (Fsp3) is 0.818. The van der Waals surface area contributed by atoms with Gasteiger partial charge >= 0.3 is 0 Å². The number of nitrogens with one attached hydrogen (secondary N) is 1. The standard InChI is InChI=1S/C11H21N3O/c1-4-10(5-2)13-11(15)9-14(6-3)8-7-12/h10H,4-6,8-9H2,1-3H3,(H,13,15). The van der Waals surface area contributed by atoms with Gasteiger partial charge in [0.25, 0.3) is 0 Å². The fourth-order valence-corrected chi connectivity index (χ4v) is 1.35. The lowest BCUT2D eigenvalue weighted by Gasteiger charge is -2.19. The topological polar surface area (TPSA) is 56.1 Å². The van der Waals surface area contributed by atoms with Crippen LogP contribution >= 0.6 is 0 Å². The maximum Gasteiger partial charge on any atom is 0.234 e. The van der Waals surface area contributed by atoms with Crippen molar-refractivity contribution in [3.63, 3.8) is 0 Å². The summed E-state index contributed by atoms with van der Waals surface area (Å²) in [6, 6.07) is 2.31. The molecule has 0 aliphatic rings. The van der Waals surface area contributed by atoms with E-state index in [-0.39, 0.29) is 11.9 Å². The zero-order chi connectivity index (χ0) is 11.7. The van der Waals surface area contributed by atoms with E-state index >= 15 is 0 Å². The SMILES string of the molecule is CCC(CC)NC(=O)CN(CC)CC#N. The van der Waals surface area contributed by atoms with Crippen LogP contribution in [0, 0.1) is 11.3 Å². The average Bonchev–Trinajstić information content (AvgIpc) is 2.25. The van der Waals surface area contributed by atoms with Crippen molar-refractivity contribution in [1.29, 1.82) is 5.26 Å². The van der Waals surface area contributed by atoms with Gasteiger partial charge in [0.05, 0.1) is 19.2 Å². The molecule has 0 heterocycles. The Hall–Kier alpha value is -1.08. The Labute approximate surface area is 92.3 Å². The molecular formula is C11H21N3O. The lowest BCUT2D eigenvalue weighted by Crippen LogP contribution is -2.41. The molecule has 0 fully saturated rings. The van der Waals surface area contributed by atoms with Gasteiger partial charge in [0.1, 0.15) is 0 Å². The third-order valence-corrected chi connectivity index (χ3v) is 2.46. The first-order chi connectivity index (χ1) is 7.17. The number of nitrogens with zero attached hydrogens (tertiary/aromatic N) is 2. The van der Waals surface area contributed by atoms with Crippen LogP contribution in [-0.2, 0) is 4.79 Å². The predicted octanol–water partition coefficient (Wildman–Crippen LogP) is 1.14. The summed E-state index contributed by atoms with van der Waals surface area (Å²) in [6.45, 7) is 7.42. The molecular weight excluding hydrogens is 190 g/mol. The number of amides is 1. The van der Waals surface area contributed by atoms with Gasteiger partial charge in [-0.05, 0) is 19.4 Å². The molecule has 15 heavy (non-hydrogen) atoms. The van der Waals surface area contributed by atoms with E-state index in [1.54, 1.807) is 0 Å². The summed E-state index contributed by atoms with van der Waals surface area (Å²) in [5.41, 5.74) is 0. The second-order valence-corrected chi connectivity index (χ2v) is 3.54. The van der Waals surface area contributed by atoms with E-state index in [4.69, 9.17) is 5.26 Å². The van der Waals surface area contributed by atoms with Gasteiger partial charge in [0, 0.05) is 6.04 Å². The summed E-state index contributed by atoms with van der Waals surface area (Å²) < 4.78 is 0.